The second-order valence-corrected chi connectivity index (χ2v) is 2.60. The van der Waals surface area contributed by atoms with Crippen LogP contribution >= 0.6 is 0 Å². The molecule has 0 aromatic carbocycles. The van der Waals surface area contributed by atoms with Crippen LogP contribution in [0.3, 0.4) is 0 Å². The van der Waals surface area contributed by atoms with Crippen LogP contribution in [0.25, 0.3) is 0 Å². The molecule has 0 saturated heterocycles. The molecule has 1 N–H and O–H groups in total. The Labute approximate surface area is 74.4 Å². The lowest BCUT2D eigenvalue weighted by molar-refractivity contribution is 0.342. The van der Waals surface area contributed by atoms with Crippen LogP contribution < -0.4 is 0 Å². The summed E-state index contributed by atoms with van der Waals surface area (Å²) in [5.74, 6) is 0. The topological polar surface area (TPSA) is 20.2 Å². The van der Waals surface area contributed by atoms with Gasteiger partial charge in [-0.3, -0.25) is 0 Å². The molecule has 0 bridgehead atoms. The third-order valence-electron chi connectivity index (χ3n) is 1.45. The molecule has 0 saturated carbocycles. The lowest BCUT2D eigenvalue weighted by Crippen LogP contribution is -1.75. The van der Waals surface area contributed by atoms with Crippen molar-refractivity contribution >= 4 is 0 Å². The predicted molar refractivity (Wildman–Crippen MR) is 53.9 cm³/mol. The van der Waals surface area contributed by atoms with Gasteiger partial charge in [-0.15, -0.1) is 0 Å². The van der Waals surface area contributed by atoms with E-state index in [4.69, 9.17) is 5.11 Å². The van der Waals surface area contributed by atoms with E-state index in [2.05, 4.69) is 6.58 Å². The fraction of sp³-hybridized carbons (Fsp3) is 0.273. The molecule has 0 fully saturated rings. The van der Waals surface area contributed by atoms with Crippen LogP contribution in [0.4, 0.5) is 0 Å². The first-order valence-corrected chi connectivity index (χ1v) is 3.95. The zero-order valence-electron chi connectivity index (χ0n) is 7.75. The lowest BCUT2D eigenvalue weighted by Gasteiger charge is -1.88. The van der Waals surface area contributed by atoms with Crippen molar-refractivity contribution in [2.75, 3.05) is 6.61 Å². The van der Waals surface area contributed by atoms with Gasteiger partial charge in [-0.2, -0.15) is 0 Å². The molecular formula is C11H16O. The van der Waals surface area contributed by atoms with Gasteiger partial charge in [0.15, 0.2) is 0 Å². The van der Waals surface area contributed by atoms with Gasteiger partial charge in [0, 0.05) is 0 Å². The quantitative estimate of drug-likeness (QED) is 0.633. The van der Waals surface area contributed by atoms with Crippen molar-refractivity contribution in [3.63, 3.8) is 0 Å². The van der Waals surface area contributed by atoms with Crippen LogP contribution in [-0.2, 0) is 0 Å². The van der Waals surface area contributed by atoms with E-state index in [9.17, 15) is 0 Å². The Bertz CT molecular complexity index is 219. The van der Waals surface area contributed by atoms with Crippen LogP contribution in [0.5, 0.6) is 0 Å². The van der Waals surface area contributed by atoms with Crippen molar-refractivity contribution in [3.05, 3.63) is 48.1 Å². The SMILES string of the molecule is C=CC(C)=CC=CC(C)=CCO. The third-order valence-corrected chi connectivity index (χ3v) is 1.45. The fourth-order valence-electron chi connectivity index (χ4n) is 0.632. The summed E-state index contributed by atoms with van der Waals surface area (Å²) in [6.07, 6.45) is 9.42. The molecule has 0 aliphatic heterocycles. The van der Waals surface area contributed by atoms with E-state index in [0.717, 1.165) is 11.1 Å². The summed E-state index contributed by atoms with van der Waals surface area (Å²) in [5, 5.41) is 8.55. The molecule has 1 nitrogen and oxygen atoms in total. The first-order chi connectivity index (χ1) is 5.70. The molecule has 12 heavy (non-hydrogen) atoms. The number of hydrogen-bond donors (Lipinski definition) is 1. The van der Waals surface area contributed by atoms with Gasteiger partial charge in [0.25, 0.3) is 0 Å². The largest absolute Gasteiger partial charge is 0.392 e. The summed E-state index contributed by atoms with van der Waals surface area (Å²) in [6, 6.07) is 0. The Morgan fingerprint density at radius 1 is 1.33 bits per heavy atom. The Morgan fingerprint density at radius 2 is 2.00 bits per heavy atom. The Hall–Kier alpha value is -1.08. The highest BCUT2D eigenvalue weighted by Crippen LogP contribution is 1.97. The van der Waals surface area contributed by atoms with E-state index < -0.39 is 0 Å². The second kappa shape index (κ2) is 6.62. The maximum Gasteiger partial charge on any atom is 0.0617 e. The molecule has 1 heteroatoms. The van der Waals surface area contributed by atoms with Crippen molar-refractivity contribution < 1.29 is 5.11 Å². The predicted octanol–water partition coefficient (Wildman–Crippen LogP) is 2.61. The van der Waals surface area contributed by atoms with Crippen LogP contribution in [-0.4, -0.2) is 11.7 Å². The first kappa shape index (κ1) is 10.9. The fourth-order valence-corrected chi connectivity index (χ4v) is 0.632. The smallest absolute Gasteiger partial charge is 0.0617 e. The summed E-state index contributed by atoms with van der Waals surface area (Å²) >= 11 is 0. The molecule has 0 amide bonds. The van der Waals surface area contributed by atoms with Crippen molar-refractivity contribution in [1.29, 1.82) is 0 Å². The van der Waals surface area contributed by atoms with E-state index >= 15 is 0 Å². The van der Waals surface area contributed by atoms with E-state index in [1.807, 2.05) is 32.1 Å². The number of hydrogen-bond acceptors (Lipinski definition) is 1. The lowest BCUT2D eigenvalue weighted by atomic mass is 10.2. The van der Waals surface area contributed by atoms with Gasteiger partial charge >= 0.3 is 0 Å². The van der Waals surface area contributed by atoms with Gasteiger partial charge in [0.05, 0.1) is 6.61 Å². The summed E-state index contributed by atoms with van der Waals surface area (Å²) in [4.78, 5) is 0. The molecule has 66 valence electrons. The van der Waals surface area contributed by atoms with Crippen LogP contribution in [0, 0.1) is 0 Å². The molecule has 0 spiro atoms. The normalized spacial score (nSPS) is 13.9. The van der Waals surface area contributed by atoms with Crippen molar-refractivity contribution in [1.82, 2.24) is 0 Å². The minimum absolute atomic E-state index is 0.0975. The molecule has 0 aliphatic carbocycles. The van der Waals surface area contributed by atoms with Gasteiger partial charge in [-0.05, 0) is 13.8 Å². The Balaban J connectivity index is 4.08. The van der Waals surface area contributed by atoms with Crippen LogP contribution in [0.1, 0.15) is 13.8 Å². The number of allylic oxidation sites excluding steroid dienone is 6. The standard InChI is InChI=1S/C11H16O/c1-4-10(2)6-5-7-11(3)8-9-12/h4-8,12H,1,9H2,2-3H3. The highest BCUT2D eigenvalue weighted by atomic mass is 16.2. The highest BCUT2D eigenvalue weighted by Gasteiger charge is 1.78. The third kappa shape index (κ3) is 5.69. The molecule has 0 heterocycles. The molecule has 0 unspecified atom stereocenters. The molecule has 0 atom stereocenters. The van der Waals surface area contributed by atoms with Crippen molar-refractivity contribution in [2.45, 2.75) is 13.8 Å². The van der Waals surface area contributed by atoms with Crippen molar-refractivity contribution in [2.24, 2.45) is 0 Å². The van der Waals surface area contributed by atoms with Crippen LogP contribution in [0.15, 0.2) is 48.1 Å². The van der Waals surface area contributed by atoms with Gasteiger partial charge in [0.1, 0.15) is 0 Å². The Morgan fingerprint density at radius 3 is 2.50 bits per heavy atom. The van der Waals surface area contributed by atoms with E-state index in [-0.39, 0.29) is 6.61 Å². The minimum Gasteiger partial charge on any atom is -0.392 e. The summed E-state index contributed by atoms with van der Waals surface area (Å²) in [5.41, 5.74) is 2.19. The van der Waals surface area contributed by atoms with Gasteiger partial charge < -0.3 is 5.11 Å². The summed E-state index contributed by atoms with van der Waals surface area (Å²) in [7, 11) is 0. The highest BCUT2D eigenvalue weighted by molar-refractivity contribution is 5.25. The monoisotopic (exact) mass is 164 g/mol. The number of rotatable bonds is 4. The molecule has 0 aromatic heterocycles. The van der Waals surface area contributed by atoms with Crippen molar-refractivity contribution in [3.8, 4) is 0 Å². The van der Waals surface area contributed by atoms with Gasteiger partial charge in [0.2, 0.25) is 0 Å². The summed E-state index contributed by atoms with van der Waals surface area (Å²) in [6.45, 7) is 7.67. The maximum atomic E-state index is 8.55. The van der Waals surface area contributed by atoms with E-state index in [0.29, 0.717) is 0 Å². The average molecular weight is 164 g/mol. The molecule has 0 radical (unpaired) electrons. The molecular weight excluding hydrogens is 148 g/mol. The van der Waals surface area contributed by atoms with E-state index in [1.54, 1.807) is 12.2 Å². The van der Waals surface area contributed by atoms with Gasteiger partial charge in [-0.25, -0.2) is 0 Å². The molecule has 0 aromatic rings. The van der Waals surface area contributed by atoms with Crippen LogP contribution in [0.2, 0.25) is 0 Å². The van der Waals surface area contributed by atoms with E-state index in [1.165, 1.54) is 0 Å². The zero-order valence-corrected chi connectivity index (χ0v) is 7.75. The Kier molecular flexibility index (Phi) is 6.02. The average Bonchev–Trinajstić information content (AvgIpc) is 2.04. The second-order valence-electron chi connectivity index (χ2n) is 2.60. The summed E-state index contributed by atoms with van der Waals surface area (Å²) < 4.78 is 0. The number of aliphatic hydroxyl groups is 1. The zero-order chi connectivity index (χ0) is 9.40. The first-order valence-electron chi connectivity index (χ1n) is 3.95. The maximum absolute atomic E-state index is 8.55. The number of aliphatic hydroxyl groups excluding tert-OH is 1. The molecule has 0 rings (SSSR count). The van der Waals surface area contributed by atoms with Gasteiger partial charge in [-0.1, -0.05) is 48.1 Å². The minimum atomic E-state index is 0.0975. The molecule has 0 aliphatic rings.